The molecule has 100 valence electrons. The zero-order valence-electron chi connectivity index (χ0n) is 11.3. The van der Waals surface area contributed by atoms with E-state index in [2.05, 4.69) is 11.9 Å². The molecule has 0 radical (unpaired) electrons. The number of aliphatic hydroxyl groups is 1. The summed E-state index contributed by atoms with van der Waals surface area (Å²) in [6.07, 6.45) is 5.58. The van der Waals surface area contributed by atoms with Gasteiger partial charge in [-0.25, -0.2) is 0 Å². The van der Waals surface area contributed by atoms with Gasteiger partial charge in [0.15, 0.2) is 0 Å². The van der Waals surface area contributed by atoms with Crippen LogP contribution in [0.1, 0.15) is 19.4 Å². The minimum Gasteiger partial charge on any atom is -0.381 e. The fourth-order valence-corrected chi connectivity index (χ4v) is 2.01. The second-order valence-corrected chi connectivity index (χ2v) is 4.22. The first-order chi connectivity index (χ1) is 9.07. The van der Waals surface area contributed by atoms with E-state index in [1.165, 1.54) is 0 Å². The largest absolute Gasteiger partial charge is 0.381 e. The van der Waals surface area contributed by atoms with Gasteiger partial charge in [0, 0.05) is 11.3 Å². The summed E-state index contributed by atoms with van der Waals surface area (Å²) < 4.78 is 0. The van der Waals surface area contributed by atoms with E-state index >= 15 is 0 Å². The van der Waals surface area contributed by atoms with Crippen LogP contribution in [0.2, 0.25) is 0 Å². The van der Waals surface area contributed by atoms with Gasteiger partial charge in [-0.2, -0.15) is 0 Å². The Hall–Kier alpha value is -2.13. The van der Waals surface area contributed by atoms with Crippen LogP contribution >= 0.6 is 0 Å². The molecule has 0 saturated heterocycles. The number of hydrogen-bond donors (Lipinski definition) is 2. The Morgan fingerprint density at radius 2 is 2.00 bits per heavy atom. The van der Waals surface area contributed by atoms with E-state index < -0.39 is 5.60 Å². The van der Waals surface area contributed by atoms with Crippen molar-refractivity contribution in [2.75, 3.05) is 0 Å². The van der Waals surface area contributed by atoms with E-state index in [1.807, 2.05) is 37.3 Å². The average Bonchev–Trinajstić information content (AvgIpc) is 2.41. The molecule has 1 aromatic rings. The fourth-order valence-electron chi connectivity index (χ4n) is 2.01. The van der Waals surface area contributed by atoms with E-state index in [4.69, 9.17) is 0 Å². The predicted molar refractivity (Wildman–Crippen MR) is 77.2 cm³/mol. The van der Waals surface area contributed by atoms with Gasteiger partial charge in [0.05, 0.1) is 0 Å². The molecule has 0 bridgehead atoms. The van der Waals surface area contributed by atoms with Gasteiger partial charge < -0.3 is 10.4 Å². The van der Waals surface area contributed by atoms with Crippen molar-refractivity contribution in [3.8, 4) is 0 Å². The molecule has 2 N–H and O–H groups in total. The average molecular weight is 257 g/mol. The van der Waals surface area contributed by atoms with Gasteiger partial charge in [0.2, 0.25) is 6.41 Å². The fraction of sp³-hybridized carbons (Fsp3) is 0.188. The molecule has 1 aromatic carbocycles. The summed E-state index contributed by atoms with van der Waals surface area (Å²) in [6.45, 7) is 7.12. The number of allylic oxidation sites excluding steroid dienone is 3. The first-order valence-corrected chi connectivity index (χ1v) is 6.05. The van der Waals surface area contributed by atoms with Crippen LogP contribution in [0.4, 0.5) is 0 Å². The molecule has 0 aliphatic carbocycles. The highest BCUT2D eigenvalue weighted by Gasteiger charge is 2.29. The molecule has 1 rings (SSSR count). The lowest BCUT2D eigenvalue weighted by Gasteiger charge is -2.28. The number of rotatable bonds is 6. The Morgan fingerprint density at radius 3 is 2.47 bits per heavy atom. The summed E-state index contributed by atoms with van der Waals surface area (Å²) in [6, 6.07) is 9.30. The second-order valence-electron chi connectivity index (χ2n) is 4.22. The molecular weight excluding hydrogens is 238 g/mol. The zero-order chi connectivity index (χ0) is 14.3. The van der Waals surface area contributed by atoms with E-state index in [-0.39, 0.29) is 0 Å². The first kappa shape index (κ1) is 14.9. The monoisotopic (exact) mass is 257 g/mol. The van der Waals surface area contributed by atoms with Crippen LogP contribution in [0.25, 0.3) is 0 Å². The molecule has 0 fully saturated rings. The molecule has 3 nitrogen and oxygen atoms in total. The van der Waals surface area contributed by atoms with Crippen molar-refractivity contribution in [1.82, 2.24) is 5.32 Å². The number of benzene rings is 1. The number of amides is 1. The lowest BCUT2D eigenvalue weighted by atomic mass is 9.85. The van der Waals surface area contributed by atoms with Crippen LogP contribution in [-0.4, -0.2) is 11.5 Å². The summed E-state index contributed by atoms with van der Waals surface area (Å²) in [4.78, 5) is 10.7. The minimum absolute atomic E-state index is 0.529. The molecule has 1 unspecified atom stereocenters. The minimum atomic E-state index is -1.19. The topological polar surface area (TPSA) is 49.3 Å². The molecule has 0 saturated carbocycles. The smallest absolute Gasteiger partial charge is 0.211 e. The number of carbonyl (C=O) groups excluding carboxylic acids is 1. The molecular formula is C16H19NO2. The van der Waals surface area contributed by atoms with Gasteiger partial charge in [-0.15, -0.1) is 0 Å². The van der Waals surface area contributed by atoms with Crippen molar-refractivity contribution in [2.24, 2.45) is 0 Å². The van der Waals surface area contributed by atoms with Crippen LogP contribution in [0.5, 0.6) is 0 Å². The number of carbonyl (C=O) groups is 1. The van der Waals surface area contributed by atoms with Gasteiger partial charge in [0.25, 0.3) is 0 Å². The van der Waals surface area contributed by atoms with Crippen molar-refractivity contribution >= 4 is 6.41 Å². The maximum atomic E-state index is 10.8. The van der Waals surface area contributed by atoms with Gasteiger partial charge >= 0.3 is 0 Å². The van der Waals surface area contributed by atoms with Crippen molar-refractivity contribution < 1.29 is 9.90 Å². The number of nitrogens with one attached hydrogen (secondary N) is 1. The Labute approximate surface area is 114 Å². The molecule has 0 aromatic heterocycles. The van der Waals surface area contributed by atoms with E-state index in [1.54, 1.807) is 25.2 Å². The van der Waals surface area contributed by atoms with Gasteiger partial charge in [0.1, 0.15) is 5.60 Å². The van der Waals surface area contributed by atoms with Gasteiger partial charge in [-0.1, -0.05) is 49.1 Å². The lowest BCUT2D eigenvalue weighted by Crippen LogP contribution is -2.29. The molecule has 19 heavy (non-hydrogen) atoms. The zero-order valence-corrected chi connectivity index (χ0v) is 11.3. The quantitative estimate of drug-likeness (QED) is 0.608. The van der Waals surface area contributed by atoms with E-state index in [0.29, 0.717) is 17.7 Å². The maximum Gasteiger partial charge on any atom is 0.211 e. The van der Waals surface area contributed by atoms with Gasteiger partial charge in [-0.05, 0) is 25.5 Å². The van der Waals surface area contributed by atoms with Crippen LogP contribution in [-0.2, 0) is 10.4 Å². The summed E-state index contributed by atoms with van der Waals surface area (Å²) in [5.74, 6) is 0. The van der Waals surface area contributed by atoms with Crippen molar-refractivity contribution in [3.63, 3.8) is 0 Å². The highest BCUT2D eigenvalue weighted by Crippen LogP contribution is 2.32. The lowest BCUT2D eigenvalue weighted by molar-refractivity contribution is -0.108. The molecule has 3 heteroatoms. The maximum absolute atomic E-state index is 10.8. The molecule has 0 aliphatic rings. The summed E-state index contributed by atoms with van der Waals surface area (Å²) in [5.41, 5.74) is 0.707. The predicted octanol–water partition coefficient (Wildman–Crippen LogP) is 2.66. The number of hydrogen-bond acceptors (Lipinski definition) is 2. The van der Waals surface area contributed by atoms with Crippen LogP contribution in [0, 0.1) is 0 Å². The molecule has 0 heterocycles. The van der Waals surface area contributed by atoms with Crippen LogP contribution in [0.3, 0.4) is 0 Å². The van der Waals surface area contributed by atoms with E-state index in [0.717, 1.165) is 5.56 Å². The van der Waals surface area contributed by atoms with Crippen LogP contribution < -0.4 is 5.32 Å². The first-order valence-electron chi connectivity index (χ1n) is 6.05. The SMILES string of the molecule is C=C/C=C(NC=O)\C(=C/C)C(C)(O)c1ccccc1. The van der Waals surface area contributed by atoms with Gasteiger partial charge in [-0.3, -0.25) is 4.79 Å². The molecule has 1 atom stereocenters. The van der Waals surface area contributed by atoms with Crippen molar-refractivity contribution in [1.29, 1.82) is 0 Å². The molecule has 1 amide bonds. The normalized spacial score (nSPS) is 15.5. The summed E-state index contributed by atoms with van der Waals surface area (Å²) >= 11 is 0. The third-order valence-corrected chi connectivity index (χ3v) is 2.94. The molecule has 0 aliphatic heterocycles. The highest BCUT2D eigenvalue weighted by atomic mass is 16.3. The Morgan fingerprint density at radius 1 is 1.37 bits per heavy atom. The van der Waals surface area contributed by atoms with Crippen LogP contribution in [0.15, 0.2) is 66.4 Å². The third kappa shape index (κ3) is 3.42. The Kier molecular flexibility index (Phi) is 5.27. The standard InChI is InChI=1S/C16H19NO2/c1-4-9-15(17-12-18)14(5-2)16(3,19)13-10-7-6-8-11-13/h4-12,19H,1H2,2-3H3,(H,17,18)/b14-5+,15-9+. The van der Waals surface area contributed by atoms with E-state index in [9.17, 15) is 9.90 Å². The summed E-state index contributed by atoms with van der Waals surface area (Å²) in [7, 11) is 0. The summed E-state index contributed by atoms with van der Waals surface area (Å²) in [5, 5.41) is 13.4. The highest BCUT2D eigenvalue weighted by molar-refractivity contribution is 5.56. The Balaban J connectivity index is 3.26. The third-order valence-electron chi connectivity index (χ3n) is 2.94. The second kappa shape index (κ2) is 6.71. The Bertz CT molecular complexity index is 499. The van der Waals surface area contributed by atoms with Crippen molar-refractivity contribution in [3.05, 3.63) is 72.0 Å². The molecule has 0 spiro atoms. The van der Waals surface area contributed by atoms with Crippen molar-refractivity contribution in [2.45, 2.75) is 19.4 Å².